The normalized spacial score (nSPS) is 28.3. The Hall–Kier alpha value is -0.0951. The van der Waals surface area contributed by atoms with Crippen LogP contribution >= 0.6 is 0 Å². The summed E-state index contributed by atoms with van der Waals surface area (Å²) in [5.74, 6) is 1.24. The quantitative estimate of drug-likeness (QED) is 0.517. The summed E-state index contributed by atoms with van der Waals surface area (Å²) in [5.41, 5.74) is 5.69. The van der Waals surface area contributed by atoms with Gasteiger partial charge in [-0.25, -0.2) is 0 Å². The molecule has 5 heteroatoms. The van der Waals surface area contributed by atoms with Crippen LogP contribution in [0.4, 0.5) is 0 Å². The molecule has 82 valence electrons. The van der Waals surface area contributed by atoms with Crippen molar-refractivity contribution >= 4 is 7.12 Å². The van der Waals surface area contributed by atoms with Gasteiger partial charge in [-0.15, -0.1) is 0 Å². The number of rotatable bonds is 5. The van der Waals surface area contributed by atoms with E-state index in [9.17, 15) is 0 Å². The highest BCUT2D eigenvalue weighted by Crippen LogP contribution is 2.26. The lowest BCUT2D eigenvalue weighted by Crippen LogP contribution is -2.22. The number of hydrogen-bond donors (Lipinski definition) is 3. The van der Waals surface area contributed by atoms with E-state index in [1.165, 1.54) is 0 Å². The van der Waals surface area contributed by atoms with Crippen LogP contribution in [-0.2, 0) is 0 Å². The second-order valence-electron chi connectivity index (χ2n) is 4.39. The van der Waals surface area contributed by atoms with Crippen molar-refractivity contribution in [2.24, 2.45) is 17.6 Å². The summed E-state index contributed by atoms with van der Waals surface area (Å²) in [5, 5.41) is 17.4. The van der Waals surface area contributed by atoms with Crippen LogP contribution in [0.15, 0.2) is 0 Å². The zero-order valence-electron chi connectivity index (χ0n) is 8.89. The van der Waals surface area contributed by atoms with Gasteiger partial charge in [-0.3, -0.25) is 0 Å². The van der Waals surface area contributed by atoms with Crippen LogP contribution in [-0.4, -0.2) is 48.7 Å². The molecule has 1 aliphatic rings. The van der Waals surface area contributed by atoms with Crippen LogP contribution < -0.4 is 5.73 Å². The molecule has 1 fully saturated rings. The molecule has 0 spiro atoms. The lowest BCUT2D eigenvalue weighted by molar-refractivity contribution is 0.370. The fourth-order valence-electron chi connectivity index (χ4n) is 2.33. The van der Waals surface area contributed by atoms with Crippen molar-refractivity contribution in [3.8, 4) is 0 Å². The van der Waals surface area contributed by atoms with E-state index < -0.39 is 7.12 Å². The predicted octanol–water partition coefficient (Wildman–Crippen LogP) is -0.624. The first-order chi connectivity index (χ1) is 6.63. The molecule has 0 radical (unpaired) electrons. The Morgan fingerprint density at radius 3 is 2.57 bits per heavy atom. The Morgan fingerprint density at radius 1 is 1.36 bits per heavy atom. The maximum Gasteiger partial charge on any atom is 0.451 e. The van der Waals surface area contributed by atoms with E-state index in [1.807, 2.05) is 0 Å². The molecule has 4 nitrogen and oxygen atoms in total. The molecular formula is C9H21BN2O2. The monoisotopic (exact) mass is 200 g/mol. The second kappa shape index (κ2) is 5.71. The van der Waals surface area contributed by atoms with Gasteiger partial charge in [0.15, 0.2) is 0 Å². The van der Waals surface area contributed by atoms with E-state index in [0.29, 0.717) is 18.2 Å². The van der Waals surface area contributed by atoms with Gasteiger partial charge in [0.25, 0.3) is 0 Å². The van der Waals surface area contributed by atoms with E-state index in [2.05, 4.69) is 11.9 Å². The zero-order chi connectivity index (χ0) is 10.6. The van der Waals surface area contributed by atoms with E-state index >= 15 is 0 Å². The summed E-state index contributed by atoms with van der Waals surface area (Å²) in [6, 6.07) is 0. The fraction of sp³-hybridized carbons (Fsp3) is 1.00. The SMILES string of the molecule is CN1C[C@@H](CN)[C@@H](CCCB(O)O)C1. The van der Waals surface area contributed by atoms with Gasteiger partial charge in [0.2, 0.25) is 0 Å². The first-order valence-corrected chi connectivity index (χ1v) is 5.38. The first-order valence-electron chi connectivity index (χ1n) is 5.38. The van der Waals surface area contributed by atoms with Gasteiger partial charge in [-0.1, -0.05) is 6.42 Å². The van der Waals surface area contributed by atoms with Gasteiger partial charge >= 0.3 is 7.12 Å². The largest absolute Gasteiger partial charge is 0.451 e. The summed E-state index contributed by atoms with van der Waals surface area (Å²) < 4.78 is 0. The van der Waals surface area contributed by atoms with Crippen molar-refractivity contribution in [1.29, 1.82) is 0 Å². The third-order valence-electron chi connectivity index (χ3n) is 3.10. The van der Waals surface area contributed by atoms with E-state index in [4.69, 9.17) is 15.8 Å². The maximum atomic E-state index is 8.72. The molecule has 14 heavy (non-hydrogen) atoms. The molecule has 0 aliphatic carbocycles. The molecule has 0 unspecified atom stereocenters. The summed E-state index contributed by atoms with van der Waals surface area (Å²) in [6.07, 6.45) is 2.42. The van der Waals surface area contributed by atoms with Gasteiger partial charge in [0, 0.05) is 13.1 Å². The lowest BCUT2D eigenvalue weighted by atomic mass is 9.80. The maximum absolute atomic E-state index is 8.72. The van der Waals surface area contributed by atoms with Gasteiger partial charge in [0.05, 0.1) is 0 Å². The van der Waals surface area contributed by atoms with Gasteiger partial charge in [-0.2, -0.15) is 0 Å². The third-order valence-corrected chi connectivity index (χ3v) is 3.10. The lowest BCUT2D eigenvalue weighted by Gasteiger charge is -2.15. The molecule has 0 saturated carbocycles. The van der Waals surface area contributed by atoms with Crippen LogP contribution in [0.5, 0.6) is 0 Å². The van der Waals surface area contributed by atoms with Crippen LogP contribution in [0.1, 0.15) is 12.8 Å². The van der Waals surface area contributed by atoms with E-state index in [-0.39, 0.29) is 0 Å². The fourth-order valence-corrected chi connectivity index (χ4v) is 2.33. The summed E-state index contributed by atoms with van der Waals surface area (Å²) in [6.45, 7) is 2.93. The minimum absolute atomic E-state index is 0.484. The van der Waals surface area contributed by atoms with Gasteiger partial charge in [-0.05, 0) is 38.2 Å². The minimum Gasteiger partial charge on any atom is -0.427 e. The van der Waals surface area contributed by atoms with E-state index in [1.54, 1.807) is 0 Å². The Labute approximate surface area is 86.2 Å². The highest BCUT2D eigenvalue weighted by Gasteiger charge is 2.29. The topological polar surface area (TPSA) is 69.7 Å². The van der Waals surface area contributed by atoms with Crippen molar-refractivity contribution in [2.75, 3.05) is 26.7 Å². The van der Waals surface area contributed by atoms with Crippen molar-refractivity contribution in [2.45, 2.75) is 19.2 Å². The van der Waals surface area contributed by atoms with Crippen molar-refractivity contribution in [1.82, 2.24) is 4.90 Å². The minimum atomic E-state index is -1.15. The molecule has 0 bridgehead atoms. The molecule has 1 heterocycles. The Bertz CT molecular complexity index is 169. The molecule has 0 aromatic heterocycles. The van der Waals surface area contributed by atoms with Gasteiger partial charge < -0.3 is 20.7 Å². The molecule has 2 atom stereocenters. The Kier molecular flexibility index (Phi) is 4.88. The van der Waals surface area contributed by atoms with Crippen LogP contribution in [0, 0.1) is 11.8 Å². The molecular weight excluding hydrogens is 179 g/mol. The van der Waals surface area contributed by atoms with E-state index in [0.717, 1.165) is 32.5 Å². The molecule has 4 N–H and O–H groups in total. The van der Waals surface area contributed by atoms with Crippen molar-refractivity contribution in [3.63, 3.8) is 0 Å². The predicted molar refractivity (Wildman–Crippen MR) is 57.8 cm³/mol. The van der Waals surface area contributed by atoms with Crippen LogP contribution in [0.25, 0.3) is 0 Å². The second-order valence-corrected chi connectivity index (χ2v) is 4.39. The average Bonchev–Trinajstić information content (AvgIpc) is 2.45. The van der Waals surface area contributed by atoms with Crippen molar-refractivity contribution in [3.05, 3.63) is 0 Å². The van der Waals surface area contributed by atoms with Gasteiger partial charge in [0.1, 0.15) is 0 Å². The number of hydrogen-bond acceptors (Lipinski definition) is 4. The Balaban J connectivity index is 2.22. The summed E-state index contributed by atoms with van der Waals surface area (Å²) in [7, 11) is 0.967. The highest BCUT2D eigenvalue weighted by atomic mass is 16.4. The van der Waals surface area contributed by atoms with Crippen molar-refractivity contribution < 1.29 is 10.0 Å². The molecule has 1 aliphatic heterocycles. The number of nitrogens with zero attached hydrogens (tertiary/aromatic N) is 1. The molecule has 1 saturated heterocycles. The smallest absolute Gasteiger partial charge is 0.427 e. The molecule has 0 amide bonds. The molecule has 1 rings (SSSR count). The van der Waals surface area contributed by atoms with Crippen LogP contribution in [0.3, 0.4) is 0 Å². The first kappa shape index (κ1) is 12.0. The van der Waals surface area contributed by atoms with Crippen LogP contribution in [0.2, 0.25) is 6.32 Å². The molecule has 0 aromatic carbocycles. The summed E-state index contributed by atoms with van der Waals surface area (Å²) >= 11 is 0. The standard InChI is InChI=1S/C9H21BN2O2/c1-12-6-8(9(5-11)7-12)3-2-4-10(13)14/h8-9,13-14H,2-7,11H2,1H3/t8-,9+/m0/s1. The molecule has 0 aromatic rings. The number of likely N-dealkylation sites (tertiary alicyclic amines) is 1. The third kappa shape index (κ3) is 3.57. The average molecular weight is 200 g/mol. The highest BCUT2D eigenvalue weighted by molar-refractivity contribution is 6.40. The summed E-state index contributed by atoms with van der Waals surface area (Å²) in [4.78, 5) is 2.30. The Morgan fingerprint density at radius 2 is 2.00 bits per heavy atom. The zero-order valence-corrected chi connectivity index (χ0v) is 8.89. The number of nitrogens with two attached hydrogens (primary N) is 1.